The molecule has 0 saturated carbocycles. The standard InChI is InChI=1S/C21H21F2N3O5/c1-21(2,3)11-8-12-15(14-9(11)7-10(19(28)29)18(27)25-14)24-17-16(31-20(22)23)13(30-4)5-6-26(12)17/h5-7,11,20H,8H2,1-4H3,(H,25,27)(H,28,29)/t11-/m1/s1. The second-order valence-corrected chi connectivity index (χ2v) is 8.46. The summed E-state index contributed by atoms with van der Waals surface area (Å²) in [5.41, 5.74) is 0.812. The fourth-order valence-electron chi connectivity index (χ4n) is 4.12. The van der Waals surface area contributed by atoms with Crippen LogP contribution < -0.4 is 15.0 Å². The third-order valence-electron chi connectivity index (χ3n) is 5.60. The van der Waals surface area contributed by atoms with E-state index in [2.05, 4.69) is 9.97 Å². The molecule has 4 rings (SSSR count). The van der Waals surface area contributed by atoms with E-state index in [1.165, 1.54) is 19.2 Å². The van der Waals surface area contributed by atoms with Gasteiger partial charge in [-0.3, -0.25) is 9.20 Å². The number of methoxy groups -OCH3 is 1. The van der Waals surface area contributed by atoms with Gasteiger partial charge in [0.15, 0.2) is 11.4 Å². The molecule has 1 aliphatic rings. The molecule has 0 amide bonds. The number of carboxylic acids is 1. The van der Waals surface area contributed by atoms with E-state index in [1.54, 1.807) is 10.6 Å². The highest BCUT2D eigenvalue weighted by atomic mass is 19.3. The van der Waals surface area contributed by atoms with Gasteiger partial charge in [0.1, 0.15) is 11.3 Å². The summed E-state index contributed by atoms with van der Waals surface area (Å²) in [5.74, 6) is -1.61. The summed E-state index contributed by atoms with van der Waals surface area (Å²) in [6.45, 7) is 2.95. The summed E-state index contributed by atoms with van der Waals surface area (Å²) >= 11 is 0. The van der Waals surface area contributed by atoms with Gasteiger partial charge in [0.25, 0.3) is 5.56 Å². The van der Waals surface area contributed by atoms with E-state index in [0.29, 0.717) is 29.1 Å². The number of H-pyrrole nitrogens is 1. The lowest BCUT2D eigenvalue weighted by atomic mass is 9.70. The topological polar surface area (TPSA) is 106 Å². The molecule has 0 unspecified atom stereocenters. The number of aromatic carboxylic acids is 1. The molecule has 0 aliphatic heterocycles. The molecule has 1 aliphatic carbocycles. The maximum Gasteiger partial charge on any atom is 0.387 e. The highest BCUT2D eigenvalue weighted by Crippen LogP contribution is 2.47. The Balaban J connectivity index is 2.06. The lowest BCUT2D eigenvalue weighted by Crippen LogP contribution is -2.29. The molecular formula is C21H21F2N3O5. The van der Waals surface area contributed by atoms with E-state index in [9.17, 15) is 23.5 Å². The summed E-state index contributed by atoms with van der Waals surface area (Å²) < 4.78 is 37.6. The van der Waals surface area contributed by atoms with Crippen LogP contribution in [-0.2, 0) is 6.42 Å². The second-order valence-electron chi connectivity index (χ2n) is 8.46. The quantitative estimate of drug-likeness (QED) is 0.650. The number of nitrogens with one attached hydrogen (secondary N) is 1. The summed E-state index contributed by atoms with van der Waals surface area (Å²) in [5, 5.41) is 9.40. The average Bonchev–Trinajstić information content (AvgIpc) is 3.05. The first-order valence-corrected chi connectivity index (χ1v) is 9.56. The Morgan fingerprint density at radius 3 is 2.68 bits per heavy atom. The molecule has 10 heteroatoms. The van der Waals surface area contributed by atoms with Gasteiger partial charge < -0.3 is 19.6 Å². The number of aromatic nitrogens is 3. The number of pyridine rings is 2. The van der Waals surface area contributed by atoms with Gasteiger partial charge in [-0.05, 0) is 29.4 Å². The van der Waals surface area contributed by atoms with Crippen LogP contribution in [0.5, 0.6) is 11.5 Å². The highest BCUT2D eigenvalue weighted by molar-refractivity contribution is 5.88. The average molecular weight is 433 g/mol. The minimum atomic E-state index is -3.08. The molecule has 8 nitrogen and oxygen atoms in total. The number of imidazole rings is 1. The van der Waals surface area contributed by atoms with Crippen LogP contribution in [0.1, 0.15) is 48.3 Å². The van der Waals surface area contributed by atoms with Gasteiger partial charge in [0.05, 0.1) is 18.5 Å². The Bertz CT molecular complexity index is 1260. The lowest BCUT2D eigenvalue weighted by Gasteiger charge is -2.35. The first-order chi connectivity index (χ1) is 14.5. The maximum absolute atomic E-state index is 13.1. The zero-order valence-corrected chi connectivity index (χ0v) is 17.3. The summed E-state index contributed by atoms with van der Waals surface area (Å²) in [6.07, 6.45) is 2.10. The van der Waals surface area contributed by atoms with E-state index in [4.69, 9.17) is 9.47 Å². The molecule has 1 atom stereocenters. The molecule has 31 heavy (non-hydrogen) atoms. The number of rotatable bonds is 4. The number of fused-ring (bicyclic) bond motifs is 5. The van der Waals surface area contributed by atoms with Crippen LogP contribution in [0.3, 0.4) is 0 Å². The molecule has 3 aromatic heterocycles. The van der Waals surface area contributed by atoms with Crippen LogP contribution in [0, 0.1) is 5.41 Å². The predicted molar refractivity (Wildman–Crippen MR) is 107 cm³/mol. The lowest BCUT2D eigenvalue weighted by molar-refractivity contribution is -0.0505. The molecule has 0 aromatic carbocycles. The molecule has 3 aromatic rings. The number of nitrogens with zero attached hydrogens (tertiary/aromatic N) is 2. The fourth-order valence-corrected chi connectivity index (χ4v) is 4.12. The zero-order valence-electron chi connectivity index (χ0n) is 17.3. The molecular weight excluding hydrogens is 412 g/mol. The molecule has 2 N–H and O–H groups in total. The van der Waals surface area contributed by atoms with Crippen molar-refractivity contribution in [3.8, 4) is 22.9 Å². The van der Waals surface area contributed by atoms with Gasteiger partial charge in [-0.25, -0.2) is 9.78 Å². The Morgan fingerprint density at radius 1 is 1.39 bits per heavy atom. The van der Waals surface area contributed by atoms with Crippen molar-refractivity contribution in [3.63, 3.8) is 0 Å². The molecule has 164 valence electrons. The van der Waals surface area contributed by atoms with Crippen molar-refractivity contribution >= 4 is 11.6 Å². The van der Waals surface area contributed by atoms with E-state index in [1.807, 2.05) is 20.8 Å². The van der Waals surface area contributed by atoms with Crippen molar-refractivity contribution in [2.75, 3.05) is 7.11 Å². The normalized spacial score (nSPS) is 15.6. The third-order valence-corrected chi connectivity index (χ3v) is 5.60. The first-order valence-electron chi connectivity index (χ1n) is 9.56. The van der Waals surface area contributed by atoms with Crippen LogP contribution in [0.15, 0.2) is 23.1 Å². The van der Waals surface area contributed by atoms with Gasteiger partial charge in [-0.15, -0.1) is 0 Å². The monoisotopic (exact) mass is 433 g/mol. The summed E-state index contributed by atoms with van der Waals surface area (Å²) in [4.78, 5) is 31.1. The van der Waals surface area contributed by atoms with E-state index >= 15 is 0 Å². The number of hydrogen-bond acceptors (Lipinski definition) is 5. The molecule has 0 saturated heterocycles. The van der Waals surface area contributed by atoms with Crippen LogP contribution in [0.25, 0.3) is 17.0 Å². The van der Waals surface area contributed by atoms with Crippen LogP contribution in [-0.4, -0.2) is 39.2 Å². The second kappa shape index (κ2) is 7.07. The van der Waals surface area contributed by atoms with Gasteiger partial charge in [-0.1, -0.05) is 20.8 Å². The smallest absolute Gasteiger partial charge is 0.387 e. The Labute approximate surface area is 175 Å². The number of halogens is 2. The van der Waals surface area contributed by atoms with Crippen molar-refractivity contribution in [1.29, 1.82) is 0 Å². The Kier molecular flexibility index (Phi) is 4.75. The van der Waals surface area contributed by atoms with Crippen LogP contribution >= 0.6 is 0 Å². The molecule has 0 radical (unpaired) electrons. The number of hydrogen-bond donors (Lipinski definition) is 2. The minimum absolute atomic E-state index is 0.0949. The summed E-state index contributed by atoms with van der Waals surface area (Å²) in [7, 11) is 1.34. The van der Waals surface area contributed by atoms with Crippen molar-refractivity contribution in [1.82, 2.24) is 14.4 Å². The largest absolute Gasteiger partial charge is 0.493 e. The van der Waals surface area contributed by atoms with E-state index in [-0.39, 0.29) is 34.0 Å². The molecule has 0 fully saturated rings. The molecule has 3 heterocycles. The maximum atomic E-state index is 13.1. The molecule has 0 bridgehead atoms. The fraction of sp³-hybridized carbons (Fsp3) is 0.381. The van der Waals surface area contributed by atoms with Crippen molar-refractivity contribution in [2.45, 2.75) is 39.7 Å². The van der Waals surface area contributed by atoms with Crippen molar-refractivity contribution in [2.24, 2.45) is 5.41 Å². The SMILES string of the molecule is COc1ccn2c3c(nc2c1OC(F)F)-c1[nH]c(=O)c(C(=O)O)cc1[C@H](C(C)(C)C)C3. The number of aromatic amines is 1. The van der Waals surface area contributed by atoms with E-state index < -0.39 is 18.1 Å². The van der Waals surface area contributed by atoms with Crippen molar-refractivity contribution in [3.05, 3.63) is 45.5 Å². The number of carboxylic acid groups (broad SMARTS) is 1. The predicted octanol–water partition coefficient (Wildman–Crippen LogP) is 3.68. The van der Waals surface area contributed by atoms with Crippen LogP contribution in [0.2, 0.25) is 0 Å². The number of alkyl halides is 2. The number of ether oxygens (including phenoxy) is 2. The van der Waals surface area contributed by atoms with Crippen LogP contribution in [0.4, 0.5) is 8.78 Å². The van der Waals surface area contributed by atoms with Gasteiger partial charge in [-0.2, -0.15) is 8.78 Å². The van der Waals surface area contributed by atoms with Gasteiger partial charge in [0.2, 0.25) is 5.75 Å². The van der Waals surface area contributed by atoms with E-state index in [0.717, 1.165) is 0 Å². The zero-order chi connectivity index (χ0) is 22.7. The summed E-state index contributed by atoms with van der Waals surface area (Å²) in [6, 6.07) is 2.89. The molecule has 0 spiro atoms. The Hall–Kier alpha value is -3.43. The van der Waals surface area contributed by atoms with Gasteiger partial charge >= 0.3 is 12.6 Å². The first kappa shape index (κ1) is 20.8. The highest BCUT2D eigenvalue weighted by Gasteiger charge is 2.37. The number of carbonyl (C=O) groups is 1. The minimum Gasteiger partial charge on any atom is -0.493 e. The van der Waals surface area contributed by atoms with Crippen molar-refractivity contribution < 1.29 is 28.2 Å². The third kappa shape index (κ3) is 3.31. The Morgan fingerprint density at radius 2 is 2.10 bits per heavy atom. The van der Waals surface area contributed by atoms with Gasteiger partial charge in [0, 0.05) is 12.3 Å².